The van der Waals surface area contributed by atoms with Gasteiger partial charge in [-0.2, -0.15) is 11.8 Å². The molecular formula is C10H22N2O2S2. The standard InChI is InChI=1S/C10H22N2O2S2/c1-9(6-11-2)7-12-4-5-15-8-10(12)16(3,13)14/h9-11H,4-8H2,1-3H3. The Balaban J connectivity index is 2.61. The molecule has 0 aliphatic carbocycles. The lowest BCUT2D eigenvalue weighted by Crippen LogP contribution is -2.49. The molecule has 2 unspecified atom stereocenters. The summed E-state index contributed by atoms with van der Waals surface area (Å²) in [6.07, 6.45) is 1.35. The molecule has 16 heavy (non-hydrogen) atoms. The zero-order valence-corrected chi connectivity index (χ0v) is 11.9. The Kier molecular flexibility index (Phi) is 5.56. The zero-order chi connectivity index (χ0) is 12.2. The van der Waals surface area contributed by atoms with Gasteiger partial charge in [0.15, 0.2) is 9.84 Å². The van der Waals surface area contributed by atoms with Crippen LogP contribution in [0.3, 0.4) is 0 Å². The summed E-state index contributed by atoms with van der Waals surface area (Å²) < 4.78 is 23.3. The lowest BCUT2D eigenvalue weighted by Gasteiger charge is -2.35. The Morgan fingerprint density at radius 2 is 2.25 bits per heavy atom. The average Bonchev–Trinajstić information content (AvgIpc) is 2.17. The van der Waals surface area contributed by atoms with E-state index < -0.39 is 9.84 Å². The van der Waals surface area contributed by atoms with E-state index >= 15 is 0 Å². The summed E-state index contributed by atoms with van der Waals surface area (Å²) in [6.45, 7) is 4.83. The highest BCUT2D eigenvalue weighted by atomic mass is 32.2. The molecule has 1 aliphatic heterocycles. The van der Waals surface area contributed by atoms with Gasteiger partial charge in [0, 0.05) is 30.9 Å². The van der Waals surface area contributed by atoms with E-state index in [1.165, 1.54) is 6.26 Å². The highest BCUT2D eigenvalue weighted by molar-refractivity contribution is 8.00. The van der Waals surface area contributed by atoms with Crippen molar-refractivity contribution in [1.29, 1.82) is 0 Å². The first-order valence-corrected chi connectivity index (χ1v) is 8.71. The molecule has 1 rings (SSSR count). The van der Waals surface area contributed by atoms with E-state index in [0.717, 1.165) is 25.4 Å². The molecule has 96 valence electrons. The van der Waals surface area contributed by atoms with Crippen molar-refractivity contribution in [3.8, 4) is 0 Å². The van der Waals surface area contributed by atoms with Crippen molar-refractivity contribution in [1.82, 2.24) is 10.2 Å². The fourth-order valence-electron chi connectivity index (χ4n) is 2.03. The minimum atomic E-state index is -2.95. The minimum Gasteiger partial charge on any atom is -0.319 e. The van der Waals surface area contributed by atoms with E-state index in [1.807, 2.05) is 7.05 Å². The van der Waals surface area contributed by atoms with Crippen LogP contribution in [0.1, 0.15) is 6.92 Å². The van der Waals surface area contributed by atoms with Gasteiger partial charge in [0.2, 0.25) is 0 Å². The van der Waals surface area contributed by atoms with E-state index in [1.54, 1.807) is 11.8 Å². The van der Waals surface area contributed by atoms with Gasteiger partial charge in [0.25, 0.3) is 0 Å². The van der Waals surface area contributed by atoms with Crippen molar-refractivity contribution >= 4 is 21.6 Å². The second-order valence-electron chi connectivity index (χ2n) is 4.52. The van der Waals surface area contributed by atoms with Gasteiger partial charge in [-0.1, -0.05) is 6.92 Å². The summed E-state index contributed by atoms with van der Waals surface area (Å²) in [7, 11) is -1.02. The average molecular weight is 266 g/mol. The van der Waals surface area contributed by atoms with Gasteiger partial charge in [-0.05, 0) is 19.5 Å². The minimum absolute atomic E-state index is 0.287. The molecule has 0 aromatic carbocycles. The van der Waals surface area contributed by atoms with E-state index in [9.17, 15) is 8.42 Å². The summed E-state index contributed by atoms with van der Waals surface area (Å²) in [5, 5.41) is 2.84. The molecule has 0 bridgehead atoms. The molecule has 0 aromatic heterocycles. The van der Waals surface area contributed by atoms with Crippen molar-refractivity contribution < 1.29 is 8.42 Å². The maximum atomic E-state index is 11.7. The van der Waals surface area contributed by atoms with Gasteiger partial charge in [0.1, 0.15) is 5.37 Å². The van der Waals surface area contributed by atoms with Crippen molar-refractivity contribution in [2.24, 2.45) is 5.92 Å². The Morgan fingerprint density at radius 1 is 1.56 bits per heavy atom. The van der Waals surface area contributed by atoms with Crippen LogP contribution in [0.25, 0.3) is 0 Å². The van der Waals surface area contributed by atoms with Crippen molar-refractivity contribution in [3.05, 3.63) is 0 Å². The van der Waals surface area contributed by atoms with Crippen molar-refractivity contribution in [3.63, 3.8) is 0 Å². The summed E-state index contributed by atoms with van der Waals surface area (Å²) in [4.78, 5) is 2.12. The van der Waals surface area contributed by atoms with E-state index in [2.05, 4.69) is 17.1 Å². The van der Waals surface area contributed by atoms with Crippen LogP contribution < -0.4 is 5.32 Å². The number of rotatable bonds is 5. The summed E-state index contributed by atoms with van der Waals surface area (Å²) in [5.41, 5.74) is 0. The maximum Gasteiger partial charge on any atom is 0.164 e. The van der Waals surface area contributed by atoms with Crippen LogP contribution in [0.5, 0.6) is 0 Å². The van der Waals surface area contributed by atoms with Gasteiger partial charge < -0.3 is 5.32 Å². The van der Waals surface area contributed by atoms with Crippen molar-refractivity contribution in [2.75, 3.05) is 44.4 Å². The molecular weight excluding hydrogens is 244 g/mol. The first-order chi connectivity index (χ1) is 7.45. The fourth-order valence-corrected chi connectivity index (χ4v) is 4.99. The predicted octanol–water partition coefficient (Wildman–Crippen LogP) is 0.261. The first kappa shape index (κ1) is 14.3. The van der Waals surface area contributed by atoms with Crippen LogP contribution in [0.15, 0.2) is 0 Å². The highest BCUT2D eigenvalue weighted by Crippen LogP contribution is 2.21. The van der Waals surface area contributed by atoms with Crippen LogP contribution in [-0.2, 0) is 9.84 Å². The number of nitrogens with zero attached hydrogens (tertiary/aromatic N) is 1. The second-order valence-corrected chi connectivity index (χ2v) is 7.87. The van der Waals surface area contributed by atoms with E-state index in [4.69, 9.17) is 0 Å². The Bertz CT molecular complexity index is 306. The fraction of sp³-hybridized carbons (Fsp3) is 1.00. The third kappa shape index (κ3) is 4.24. The molecule has 0 saturated carbocycles. The molecule has 0 spiro atoms. The molecule has 2 atom stereocenters. The second kappa shape index (κ2) is 6.23. The topological polar surface area (TPSA) is 49.4 Å². The summed E-state index contributed by atoms with van der Waals surface area (Å²) >= 11 is 1.74. The zero-order valence-electron chi connectivity index (χ0n) is 10.3. The predicted molar refractivity (Wildman–Crippen MR) is 70.6 cm³/mol. The molecule has 6 heteroatoms. The third-order valence-corrected chi connectivity index (χ3v) is 5.47. The van der Waals surface area contributed by atoms with Crippen LogP contribution in [0.4, 0.5) is 0 Å². The molecule has 1 fully saturated rings. The molecule has 1 aliphatic rings. The number of hydrogen-bond acceptors (Lipinski definition) is 5. The van der Waals surface area contributed by atoms with Gasteiger partial charge in [-0.15, -0.1) is 0 Å². The van der Waals surface area contributed by atoms with E-state index in [-0.39, 0.29) is 5.37 Å². The third-order valence-electron chi connectivity index (χ3n) is 2.78. The number of hydrogen-bond donors (Lipinski definition) is 1. The van der Waals surface area contributed by atoms with Gasteiger partial charge in [-0.25, -0.2) is 8.42 Å². The van der Waals surface area contributed by atoms with Crippen molar-refractivity contribution in [2.45, 2.75) is 12.3 Å². The van der Waals surface area contributed by atoms with Crippen LogP contribution >= 0.6 is 11.8 Å². The monoisotopic (exact) mass is 266 g/mol. The maximum absolute atomic E-state index is 11.7. The highest BCUT2D eigenvalue weighted by Gasteiger charge is 2.31. The van der Waals surface area contributed by atoms with Crippen LogP contribution in [-0.4, -0.2) is 63.1 Å². The molecule has 1 heterocycles. The van der Waals surface area contributed by atoms with Crippen LogP contribution in [0.2, 0.25) is 0 Å². The molecule has 4 nitrogen and oxygen atoms in total. The first-order valence-electron chi connectivity index (χ1n) is 5.60. The Hall–Kier alpha value is 0.220. The molecule has 0 aromatic rings. The Labute approximate surface area is 103 Å². The number of thioether (sulfide) groups is 1. The molecule has 0 radical (unpaired) electrons. The Morgan fingerprint density at radius 3 is 2.81 bits per heavy atom. The normalized spacial score (nSPS) is 25.6. The number of sulfone groups is 1. The van der Waals surface area contributed by atoms with Gasteiger partial charge in [0.05, 0.1) is 0 Å². The quantitative estimate of drug-likeness (QED) is 0.774. The lowest BCUT2D eigenvalue weighted by molar-refractivity contribution is 0.233. The molecule has 1 N–H and O–H groups in total. The number of nitrogens with one attached hydrogen (secondary N) is 1. The van der Waals surface area contributed by atoms with Crippen LogP contribution in [0, 0.1) is 5.92 Å². The summed E-state index contributed by atoms with van der Waals surface area (Å²) in [5.74, 6) is 2.24. The smallest absolute Gasteiger partial charge is 0.164 e. The molecule has 0 amide bonds. The van der Waals surface area contributed by atoms with Gasteiger partial charge in [-0.3, -0.25) is 4.90 Å². The van der Waals surface area contributed by atoms with E-state index in [0.29, 0.717) is 11.7 Å². The molecule has 1 saturated heterocycles. The summed E-state index contributed by atoms with van der Waals surface area (Å²) in [6, 6.07) is 0. The largest absolute Gasteiger partial charge is 0.319 e. The van der Waals surface area contributed by atoms with Gasteiger partial charge >= 0.3 is 0 Å². The SMILES string of the molecule is CNCC(C)CN1CCSCC1S(C)(=O)=O. The lowest BCUT2D eigenvalue weighted by atomic mass is 10.1.